The first kappa shape index (κ1) is 66.3. The molecule has 0 aliphatic heterocycles. The van der Waals surface area contributed by atoms with Gasteiger partial charge in [0.1, 0.15) is 13.2 Å². The van der Waals surface area contributed by atoms with E-state index < -0.39 is 6.10 Å². The molecular formula is C64H108O6. The van der Waals surface area contributed by atoms with Crippen LogP contribution >= 0.6 is 0 Å². The Bertz CT molecular complexity index is 1400. The van der Waals surface area contributed by atoms with E-state index in [1.165, 1.54) is 128 Å². The van der Waals surface area contributed by atoms with Crippen LogP contribution in [0.4, 0.5) is 0 Å². The summed E-state index contributed by atoms with van der Waals surface area (Å²) in [5.74, 6) is -0.932. The molecule has 0 heterocycles. The van der Waals surface area contributed by atoms with Crippen LogP contribution in [0.5, 0.6) is 0 Å². The molecule has 0 amide bonds. The van der Waals surface area contributed by atoms with E-state index in [1.54, 1.807) is 0 Å². The monoisotopic (exact) mass is 973 g/mol. The van der Waals surface area contributed by atoms with E-state index in [1.807, 2.05) is 0 Å². The van der Waals surface area contributed by atoms with Gasteiger partial charge in [0.15, 0.2) is 6.10 Å². The molecule has 1 atom stereocenters. The van der Waals surface area contributed by atoms with Crippen LogP contribution < -0.4 is 0 Å². The van der Waals surface area contributed by atoms with Gasteiger partial charge in [-0.15, -0.1) is 0 Å². The fourth-order valence-corrected chi connectivity index (χ4v) is 7.92. The Morgan fingerprint density at radius 2 is 0.600 bits per heavy atom. The summed E-state index contributed by atoms with van der Waals surface area (Å²) in [6.45, 7) is 6.45. The molecular weight excluding hydrogens is 865 g/mol. The van der Waals surface area contributed by atoms with Gasteiger partial charge in [-0.05, 0) is 116 Å². The third kappa shape index (κ3) is 55.3. The number of allylic oxidation sites excluding steroid dienone is 16. The largest absolute Gasteiger partial charge is 0.462 e. The third-order valence-electron chi connectivity index (χ3n) is 12.3. The zero-order chi connectivity index (χ0) is 50.7. The lowest BCUT2D eigenvalue weighted by molar-refractivity contribution is -0.167. The first-order valence-corrected chi connectivity index (χ1v) is 29.3. The summed E-state index contributed by atoms with van der Waals surface area (Å²) in [6, 6.07) is 0. The highest BCUT2D eigenvalue weighted by molar-refractivity contribution is 5.71. The van der Waals surface area contributed by atoms with Crippen molar-refractivity contribution in [3.8, 4) is 0 Å². The predicted octanol–water partition coefficient (Wildman–Crippen LogP) is 19.7. The summed E-state index contributed by atoms with van der Waals surface area (Å²) in [4.78, 5) is 38.2. The van der Waals surface area contributed by atoms with Crippen molar-refractivity contribution < 1.29 is 28.6 Å². The summed E-state index contributed by atoms with van der Waals surface area (Å²) >= 11 is 0. The molecule has 6 nitrogen and oxygen atoms in total. The minimum absolute atomic E-state index is 0.0931. The standard InChI is InChI=1S/C64H108O6/c1-4-7-10-13-16-19-22-25-28-31-32-34-36-39-42-45-48-51-54-57-63(66)69-60-61(59-68-62(65)56-53-50-47-44-41-38-35-30-27-24-21-18-15-12-9-6-3)70-64(67)58-55-52-49-46-43-40-37-33-29-26-23-20-17-14-11-8-5-2/h9,12,16-22,25-27,29-30,38,41,61H,4-8,10-11,13-15,23-24,28,31-37,39-40,42-60H2,1-3H3/b12-9-,19-16-,20-17-,21-18-,25-22-,29-26-,30-27-,41-38-. The van der Waals surface area contributed by atoms with Crippen molar-refractivity contribution in [1.29, 1.82) is 0 Å². The Labute approximate surface area is 432 Å². The molecule has 400 valence electrons. The van der Waals surface area contributed by atoms with Crippen LogP contribution in [0.15, 0.2) is 97.2 Å². The van der Waals surface area contributed by atoms with Crippen LogP contribution in [-0.2, 0) is 28.6 Å². The highest BCUT2D eigenvalue weighted by Crippen LogP contribution is 2.15. The second-order valence-corrected chi connectivity index (χ2v) is 19.2. The molecule has 70 heavy (non-hydrogen) atoms. The number of hydrogen-bond acceptors (Lipinski definition) is 6. The van der Waals surface area contributed by atoms with Crippen molar-refractivity contribution in [2.75, 3.05) is 13.2 Å². The lowest BCUT2D eigenvalue weighted by atomic mass is 10.1. The zero-order valence-corrected chi connectivity index (χ0v) is 45.8. The number of esters is 3. The summed E-state index contributed by atoms with van der Waals surface area (Å²) in [5, 5.41) is 0. The summed E-state index contributed by atoms with van der Waals surface area (Å²) in [6.07, 6.45) is 76.8. The van der Waals surface area contributed by atoms with E-state index in [-0.39, 0.29) is 31.1 Å². The molecule has 0 aromatic carbocycles. The van der Waals surface area contributed by atoms with Crippen LogP contribution in [-0.4, -0.2) is 37.2 Å². The van der Waals surface area contributed by atoms with Crippen LogP contribution in [0.3, 0.4) is 0 Å². The molecule has 0 aliphatic rings. The van der Waals surface area contributed by atoms with E-state index in [9.17, 15) is 14.4 Å². The maximum atomic E-state index is 12.9. The van der Waals surface area contributed by atoms with Gasteiger partial charge in [-0.25, -0.2) is 0 Å². The molecule has 0 aromatic rings. The van der Waals surface area contributed by atoms with Gasteiger partial charge in [0, 0.05) is 19.3 Å². The number of unbranched alkanes of at least 4 members (excludes halogenated alkanes) is 26. The predicted molar refractivity (Wildman–Crippen MR) is 302 cm³/mol. The molecule has 6 heteroatoms. The van der Waals surface area contributed by atoms with Gasteiger partial charge < -0.3 is 14.2 Å². The van der Waals surface area contributed by atoms with E-state index in [0.29, 0.717) is 19.3 Å². The molecule has 1 unspecified atom stereocenters. The number of carbonyl (C=O) groups is 3. The molecule has 0 bridgehead atoms. The number of ether oxygens (including phenoxy) is 3. The highest BCUT2D eigenvalue weighted by atomic mass is 16.6. The van der Waals surface area contributed by atoms with Crippen molar-refractivity contribution in [2.24, 2.45) is 0 Å². The Kier molecular flexibility index (Phi) is 54.9. The van der Waals surface area contributed by atoms with Crippen LogP contribution in [0.25, 0.3) is 0 Å². The number of carbonyl (C=O) groups excluding carboxylic acids is 3. The first-order valence-electron chi connectivity index (χ1n) is 29.3. The van der Waals surface area contributed by atoms with Gasteiger partial charge >= 0.3 is 17.9 Å². The van der Waals surface area contributed by atoms with Crippen LogP contribution in [0.1, 0.15) is 271 Å². The molecule has 0 saturated heterocycles. The first-order chi connectivity index (χ1) is 34.5. The molecule has 0 fully saturated rings. The zero-order valence-electron chi connectivity index (χ0n) is 45.8. The topological polar surface area (TPSA) is 78.9 Å². The fraction of sp³-hybridized carbons (Fsp3) is 0.703. The van der Waals surface area contributed by atoms with Crippen molar-refractivity contribution in [3.05, 3.63) is 97.2 Å². The quantitative estimate of drug-likeness (QED) is 0.0199. The lowest BCUT2D eigenvalue weighted by Gasteiger charge is -2.18. The van der Waals surface area contributed by atoms with Gasteiger partial charge in [-0.3, -0.25) is 14.4 Å². The van der Waals surface area contributed by atoms with Crippen LogP contribution in [0.2, 0.25) is 0 Å². The SMILES string of the molecule is CC/C=C\C/C=C\C/C=C\C/C=C\CCCCCC(=O)OCC(COC(=O)CCCCCCCCCCCC/C=C\C=C/CCCCC)OC(=O)CCCCCCCCC/C=C\C/C=C\CCCCC. The van der Waals surface area contributed by atoms with Crippen molar-refractivity contribution >= 4 is 17.9 Å². The molecule has 0 spiro atoms. The Morgan fingerprint density at radius 3 is 0.971 bits per heavy atom. The maximum Gasteiger partial charge on any atom is 0.306 e. The number of hydrogen-bond donors (Lipinski definition) is 0. The van der Waals surface area contributed by atoms with E-state index >= 15 is 0 Å². The summed E-state index contributed by atoms with van der Waals surface area (Å²) in [7, 11) is 0. The van der Waals surface area contributed by atoms with Gasteiger partial charge in [0.05, 0.1) is 0 Å². The molecule has 0 N–H and O–H groups in total. The van der Waals surface area contributed by atoms with Crippen molar-refractivity contribution in [2.45, 2.75) is 277 Å². The number of rotatable bonds is 52. The Balaban J connectivity index is 4.45. The van der Waals surface area contributed by atoms with Crippen molar-refractivity contribution in [3.63, 3.8) is 0 Å². The van der Waals surface area contributed by atoms with Gasteiger partial charge in [0.2, 0.25) is 0 Å². The average Bonchev–Trinajstić information content (AvgIpc) is 3.36. The molecule has 0 rings (SSSR count). The molecule has 0 saturated carbocycles. The van der Waals surface area contributed by atoms with E-state index in [4.69, 9.17) is 14.2 Å². The van der Waals surface area contributed by atoms with E-state index in [2.05, 4.69) is 118 Å². The summed E-state index contributed by atoms with van der Waals surface area (Å²) in [5.41, 5.74) is 0. The molecule has 0 radical (unpaired) electrons. The minimum Gasteiger partial charge on any atom is -0.462 e. The molecule has 0 aliphatic carbocycles. The normalized spacial score (nSPS) is 12.8. The second kappa shape index (κ2) is 57.9. The van der Waals surface area contributed by atoms with Gasteiger partial charge in [-0.2, -0.15) is 0 Å². The van der Waals surface area contributed by atoms with Gasteiger partial charge in [-0.1, -0.05) is 234 Å². The smallest absolute Gasteiger partial charge is 0.306 e. The highest BCUT2D eigenvalue weighted by Gasteiger charge is 2.19. The molecule has 0 aromatic heterocycles. The fourth-order valence-electron chi connectivity index (χ4n) is 7.92. The lowest BCUT2D eigenvalue weighted by Crippen LogP contribution is -2.30. The second-order valence-electron chi connectivity index (χ2n) is 19.2. The van der Waals surface area contributed by atoms with Gasteiger partial charge in [0.25, 0.3) is 0 Å². The Morgan fingerprint density at radius 1 is 0.314 bits per heavy atom. The summed E-state index contributed by atoms with van der Waals surface area (Å²) < 4.78 is 16.9. The third-order valence-corrected chi connectivity index (χ3v) is 12.3. The average molecular weight is 974 g/mol. The minimum atomic E-state index is -0.798. The van der Waals surface area contributed by atoms with Crippen molar-refractivity contribution in [1.82, 2.24) is 0 Å². The maximum absolute atomic E-state index is 12.9. The van der Waals surface area contributed by atoms with E-state index in [0.717, 1.165) is 103 Å². The van der Waals surface area contributed by atoms with Crippen LogP contribution in [0, 0.1) is 0 Å². The Hall–Kier alpha value is -3.67.